The Morgan fingerprint density at radius 1 is 0.724 bits per heavy atom. The minimum Gasteiger partial charge on any atom is -0.455 e. The molecule has 0 aliphatic heterocycles. The first-order valence-corrected chi connectivity index (χ1v) is 20.3. The van der Waals surface area contributed by atoms with Crippen LogP contribution in [0.25, 0.3) is 11.1 Å². The van der Waals surface area contributed by atoms with Gasteiger partial charge in [-0.15, -0.1) is 0 Å². The molecule has 0 bridgehead atoms. The van der Waals surface area contributed by atoms with Crippen molar-refractivity contribution in [3.05, 3.63) is 231 Å². The Morgan fingerprint density at radius 3 is 2.05 bits per heavy atom. The van der Waals surface area contributed by atoms with Crippen molar-refractivity contribution in [2.24, 2.45) is 9.98 Å². The Morgan fingerprint density at radius 2 is 1.38 bits per heavy atom. The number of para-hydroxylation sites is 1. The van der Waals surface area contributed by atoms with Crippen LogP contribution in [0.15, 0.2) is 186 Å². The maximum atomic E-state index is 9.63. The maximum Gasteiger partial charge on any atom is 0.152 e. The number of benzene rings is 6. The normalized spacial score (nSPS) is 15.8. The van der Waals surface area contributed by atoms with E-state index in [9.17, 15) is 5.41 Å². The summed E-state index contributed by atoms with van der Waals surface area (Å²) in [6, 6.07) is 49.1. The first-order valence-electron chi connectivity index (χ1n) is 20.3. The van der Waals surface area contributed by atoms with Gasteiger partial charge in [-0.05, 0) is 94.5 Å². The largest absolute Gasteiger partial charge is 0.455 e. The zero-order chi connectivity index (χ0) is 40.0. The number of rotatable bonds is 8. The van der Waals surface area contributed by atoms with Crippen LogP contribution in [-0.2, 0) is 10.8 Å². The second-order valence-corrected chi connectivity index (χ2v) is 15.9. The third kappa shape index (κ3) is 5.86. The van der Waals surface area contributed by atoms with Crippen molar-refractivity contribution >= 4 is 17.3 Å². The minimum absolute atomic E-state index is 0.129. The molecule has 0 saturated carbocycles. The molecule has 4 heteroatoms. The molecule has 284 valence electrons. The van der Waals surface area contributed by atoms with Crippen LogP contribution >= 0.6 is 0 Å². The highest BCUT2D eigenvalue weighted by Gasteiger charge is 2.54. The van der Waals surface area contributed by atoms with Crippen molar-refractivity contribution < 1.29 is 4.74 Å². The van der Waals surface area contributed by atoms with E-state index in [0.717, 1.165) is 40.8 Å². The molecule has 0 saturated heterocycles. The predicted molar refractivity (Wildman–Crippen MR) is 240 cm³/mol. The Hall–Kier alpha value is -6.65. The van der Waals surface area contributed by atoms with Gasteiger partial charge in [-0.1, -0.05) is 166 Å². The van der Waals surface area contributed by atoms with Crippen LogP contribution in [0, 0.1) is 12.3 Å². The van der Waals surface area contributed by atoms with Crippen LogP contribution in [0.5, 0.6) is 5.75 Å². The quantitative estimate of drug-likeness (QED) is 0.0938. The molecule has 6 aromatic rings. The molecule has 0 heterocycles. The van der Waals surface area contributed by atoms with E-state index in [1.165, 1.54) is 44.5 Å². The number of aliphatic imine (C=N–C) groups is 2. The van der Waals surface area contributed by atoms with E-state index in [4.69, 9.17) is 14.7 Å². The summed E-state index contributed by atoms with van der Waals surface area (Å²) in [6.45, 7) is 13.8. The highest BCUT2D eigenvalue weighted by atomic mass is 16.5. The maximum absolute atomic E-state index is 9.63. The third-order valence-electron chi connectivity index (χ3n) is 12.2. The van der Waals surface area contributed by atoms with Crippen LogP contribution in [0.3, 0.4) is 0 Å². The van der Waals surface area contributed by atoms with E-state index in [2.05, 4.69) is 131 Å². The lowest BCUT2D eigenvalue weighted by atomic mass is 9.55. The topological polar surface area (TPSA) is 57.8 Å². The summed E-state index contributed by atoms with van der Waals surface area (Å²) in [4.78, 5) is 10.2. The van der Waals surface area contributed by atoms with Gasteiger partial charge >= 0.3 is 0 Å². The number of nitrogens with one attached hydrogen (secondary N) is 1. The average molecular weight is 754 g/mol. The van der Waals surface area contributed by atoms with Gasteiger partial charge in [0.2, 0.25) is 0 Å². The summed E-state index contributed by atoms with van der Waals surface area (Å²) < 4.78 is 6.35. The highest BCUT2D eigenvalue weighted by Crippen LogP contribution is 2.62. The van der Waals surface area contributed by atoms with Gasteiger partial charge in [0.05, 0.1) is 11.1 Å². The Kier molecular flexibility index (Phi) is 9.36. The number of hydrogen-bond donors (Lipinski definition) is 1. The highest BCUT2D eigenvalue weighted by molar-refractivity contribution is 6.20. The van der Waals surface area contributed by atoms with Gasteiger partial charge in [-0.2, -0.15) is 0 Å². The molecule has 0 aromatic heterocycles. The number of fused-ring (bicyclic) bond motifs is 9. The van der Waals surface area contributed by atoms with Crippen molar-refractivity contribution in [3.8, 4) is 16.9 Å². The SMILES string of the molecule is C=C(Oc1ccccc1C)C(=NC(=N)c1ccc2c(c1)-c1c(C(=NCC)C3=CC=CCC3)cccc1C21c2ccccc2C(C)(C)c2ccccc21)c1ccccc1. The second-order valence-electron chi connectivity index (χ2n) is 15.9. The molecule has 1 N–H and O–H groups in total. The van der Waals surface area contributed by atoms with Crippen LogP contribution in [0.2, 0.25) is 0 Å². The molecule has 6 aromatic carbocycles. The average Bonchev–Trinajstić information content (AvgIpc) is 3.56. The van der Waals surface area contributed by atoms with Crippen molar-refractivity contribution in [1.82, 2.24) is 0 Å². The third-order valence-corrected chi connectivity index (χ3v) is 12.2. The van der Waals surface area contributed by atoms with Gasteiger partial charge in [0.15, 0.2) is 5.84 Å². The van der Waals surface area contributed by atoms with E-state index in [1.807, 2.05) is 61.5 Å². The number of allylic oxidation sites excluding steroid dienone is 5. The van der Waals surface area contributed by atoms with Gasteiger partial charge < -0.3 is 4.74 Å². The molecule has 0 radical (unpaired) electrons. The zero-order valence-electron chi connectivity index (χ0n) is 33.6. The van der Waals surface area contributed by atoms with E-state index in [1.54, 1.807) is 0 Å². The summed E-state index contributed by atoms with van der Waals surface area (Å²) in [7, 11) is 0. The number of amidine groups is 1. The Bertz CT molecular complexity index is 2710. The number of ether oxygens (including phenoxy) is 1. The molecule has 1 spiro atoms. The van der Waals surface area contributed by atoms with Gasteiger partial charge in [0, 0.05) is 28.7 Å². The van der Waals surface area contributed by atoms with Crippen LogP contribution in [0.4, 0.5) is 0 Å². The molecular weight excluding hydrogens is 707 g/mol. The van der Waals surface area contributed by atoms with E-state index < -0.39 is 5.41 Å². The van der Waals surface area contributed by atoms with Crippen molar-refractivity contribution in [1.29, 1.82) is 5.41 Å². The van der Waals surface area contributed by atoms with Crippen LogP contribution in [0.1, 0.15) is 89.2 Å². The van der Waals surface area contributed by atoms with E-state index in [-0.39, 0.29) is 11.3 Å². The fourth-order valence-electron chi connectivity index (χ4n) is 9.53. The standard InChI is InChI=1S/C54H47N3O/c1-6-56-51(38-23-11-8-12-24-38)40-25-19-30-47-49(40)41-34-39(52(55)57-50(37-21-9-7-10-22-37)36(3)58-48-31-18-13-20-35(48)2)32-33-42(41)54(47)45-28-16-14-26-43(45)53(4,5)44-27-15-17-29-46(44)54/h7-11,13-23,25-34,55H,3,6,12,24H2,1-2,4-5H3. The van der Waals surface area contributed by atoms with Gasteiger partial charge in [-0.25, -0.2) is 4.99 Å². The predicted octanol–water partition coefficient (Wildman–Crippen LogP) is 12.5. The van der Waals surface area contributed by atoms with Crippen molar-refractivity contribution in [2.45, 2.75) is 51.4 Å². The first kappa shape index (κ1) is 37.0. The number of nitrogens with zero attached hydrogens (tertiary/aromatic N) is 2. The molecule has 4 nitrogen and oxygen atoms in total. The molecule has 9 rings (SSSR count). The summed E-state index contributed by atoms with van der Waals surface area (Å²) in [6.07, 6.45) is 8.55. The monoisotopic (exact) mass is 753 g/mol. The van der Waals surface area contributed by atoms with Crippen molar-refractivity contribution in [3.63, 3.8) is 0 Å². The lowest BCUT2D eigenvalue weighted by Gasteiger charge is -2.46. The Balaban J connectivity index is 1.29. The fraction of sp³-hybridized carbons (Fsp3) is 0.167. The molecule has 58 heavy (non-hydrogen) atoms. The van der Waals surface area contributed by atoms with E-state index in [0.29, 0.717) is 29.3 Å². The molecule has 0 fully saturated rings. The fourth-order valence-corrected chi connectivity index (χ4v) is 9.53. The first-order chi connectivity index (χ1) is 28.2. The number of hydrogen-bond acceptors (Lipinski definition) is 3. The molecular formula is C54H47N3O. The molecule has 0 unspecified atom stereocenters. The molecule has 3 aliphatic rings. The lowest BCUT2D eigenvalue weighted by Crippen LogP contribution is -2.40. The van der Waals surface area contributed by atoms with E-state index >= 15 is 0 Å². The zero-order valence-corrected chi connectivity index (χ0v) is 33.6. The summed E-state index contributed by atoms with van der Waals surface area (Å²) in [5, 5.41) is 9.63. The number of aryl methyl sites for hydroxylation is 1. The van der Waals surface area contributed by atoms with Gasteiger partial charge in [-0.3, -0.25) is 10.4 Å². The van der Waals surface area contributed by atoms with Crippen LogP contribution < -0.4 is 4.74 Å². The molecule has 3 aliphatic carbocycles. The van der Waals surface area contributed by atoms with Gasteiger partial charge in [0.1, 0.15) is 17.2 Å². The lowest BCUT2D eigenvalue weighted by molar-refractivity contribution is 0.453. The van der Waals surface area contributed by atoms with Crippen LogP contribution in [-0.4, -0.2) is 23.8 Å². The van der Waals surface area contributed by atoms with Gasteiger partial charge in [0.25, 0.3) is 0 Å². The summed E-state index contributed by atoms with van der Waals surface area (Å²) >= 11 is 0. The van der Waals surface area contributed by atoms with Crippen molar-refractivity contribution in [2.75, 3.05) is 6.54 Å². The second kappa shape index (κ2) is 14.7. The molecule has 0 atom stereocenters. The summed E-state index contributed by atoms with van der Waals surface area (Å²) in [5.41, 5.74) is 15.6. The minimum atomic E-state index is -0.587. The summed E-state index contributed by atoms with van der Waals surface area (Å²) in [5.74, 6) is 1.22. The molecule has 0 amide bonds. The smallest absolute Gasteiger partial charge is 0.152 e. The Labute approximate surface area is 342 Å².